The van der Waals surface area contributed by atoms with Gasteiger partial charge in [-0.3, -0.25) is 4.79 Å². The molecule has 2 nitrogen and oxygen atoms in total. The number of thioether (sulfide) groups is 1. The van der Waals surface area contributed by atoms with E-state index in [1.54, 1.807) is 12.1 Å². The molecule has 0 atom stereocenters. The second-order valence-electron chi connectivity index (χ2n) is 5.51. The molecule has 1 amide bonds. The van der Waals surface area contributed by atoms with Crippen LogP contribution in [0, 0.1) is 12.7 Å². The van der Waals surface area contributed by atoms with E-state index in [-0.39, 0.29) is 11.7 Å². The van der Waals surface area contributed by atoms with Crippen LogP contribution in [0.1, 0.15) is 23.1 Å². The van der Waals surface area contributed by atoms with Crippen molar-refractivity contribution in [2.75, 3.05) is 12.3 Å². The van der Waals surface area contributed by atoms with Crippen LogP contribution in [0.15, 0.2) is 48.5 Å². The van der Waals surface area contributed by atoms with Crippen LogP contribution in [0.2, 0.25) is 0 Å². The number of benzene rings is 2. The number of hydrogen-bond donors (Lipinski definition) is 1. The molecule has 0 heterocycles. The van der Waals surface area contributed by atoms with E-state index in [1.807, 2.05) is 11.8 Å². The average molecular weight is 331 g/mol. The van der Waals surface area contributed by atoms with E-state index in [2.05, 4.69) is 36.5 Å². The molecular formula is C19H22FNOS. The lowest BCUT2D eigenvalue weighted by atomic mass is 10.1. The van der Waals surface area contributed by atoms with Gasteiger partial charge in [-0.05, 0) is 36.6 Å². The standard InChI is InChI=1S/C19H22FNOS/c1-15-2-4-17(5-3-15)14-23-13-12-21-19(22)11-8-16-6-9-18(20)10-7-16/h2-7,9-10H,8,11-14H2,1H3,(H,21,22). The highest BCUT2D eigenvalue weighted by Crippen LogP contribution is 2.12. The fourth-order valence-electron chi connectivity index (χ4n) is 2.13. The number of halogens is 1. The van der Waals surface area contributed by atoms with E-state index in [0.29, 0.717) is 19.4 Å². The number of carbonyl (C=O) groups is 1. The van der Waals surface area contributed by atoms with Crippen molar-refractivity contribution < 1.29 is 9.18 Å². The summed E-state index contributed by atoms with van der Waals surface area (Å²) in [6.45, 7) is 2.76. The van der Waals surface area contributed by atoms with Crippen LogP contribution in [0.5, 0.6) is 0 Å². The highest BCUT2D eigenvalue weighted by atomic mass is 32.2. The maximum Gasteiger partial charge on any atom is 0.220 e. The summed E-state index contributed by atoms with van der Waals surface area (Å²) in [5.41, 5.74) is 3.56. The van der Waals surface area contributed by atoms with E-state index in [9.17, 15) is 9.18 Å². The molecule has 0 unspecified atom stereocenters. The Morgan fingerprint density at radius 1 is 1.04 bits per heavy atom. The Labute approximate surface area is 141 Å². The Hall–Kier alpha value is -1.81. The second-order valence-corrected chi connectivity index (χ2v) is 6.62. The van der Waals surface area contributed by atoms with E-state index in [1.165, 1.54) is 23.3 Å². The zero-order valence-corrected chi connectivity index (χ0v) is 14.2. The summed E-state index contributed by atoms with van der Waals surface area (Å²) in [4.78, 5) is 11.8. The molecule has 2 aromatic carbocycles. The SMILES string of the molecule is Cc1ccc(CSCCNC(=O)CCc2ccc(F)cc2)cc1. The summed E-state index contributed by atoms with van der Waals surface area (Å²) >= 11 is 1.81. The molecule has 4 heteroatoms. The van der Waals surface area contributed by atoms with Crippen LogP contribution >= 0.6 is 11.8 Å². The van der Waals surface area contributed by atoms with Crippen molar-refractivity contribution in [3.05, 3.63) is 71.0 Å². The Morgan fingerprint density at radius 3 is 2.39 bits per heavy atom. The summed E-state index contributed by atoms with van der Waals surface area (Å²) < 4.78 is 12.8. The van der Waals surface area contributed by atoms with Crippen molar-refractivity contribution in [3.63, 3.8) is 0 Å². The molecule has 2 rings (SSSR count). The van der Waals surface area contributed by atoms with Gasteiger partial charge in [0, 0.05) is 24.5 Å². The normalized spacial score (nSPS) is 10.5. The van der Waals surface area contributed by atoms with Gasteiger partial charge >= 0.3 is 0 Å². The minimum atomic E-state index is -0.246. The fraction of sp³-hybridized carbons (Fsp3) is 0.316. The maximum atomic E-state index is 12.8. The first-order valence-corrected chi connectivity index (χ1v) is 8.93. The van der Waals surface area contributed by atoms with Gasteiger partial charge in [-0.1, -0.05) is 42.0 Å². The van der Waals surface area contributed by atoms with Crippen LogP contribution in [-0.4, -0.2) is 18.2 Å². The van der Waals surface area contributed by atoms with Crippen molar-refractivity contribution in [1.29, 1.82) is 0 Å². The summed E-state index contributed by atoms with van der Waals surface area (Å²) in [6.07, 6.45) is 1.08. The lowest BCUT2D eigenvalue weighted by Gasteiger charge is -2.06. The molecule has 0 aliphatic rings. The second kappa shape index (κ2) is 9.36. The summed E-state index contributed by atoms with van der Waals surface area (Å²) in [6, 6.07) is 14.8. The minimum Gasteiger partial charge on any atom is -0.355 e. The van der Waals surface area contributed by atoms with Crippen molar-refractivity contribution in [2.45, 2.75) is 25.5 Å². The first kappa shape index (κ1) is 17.5. The zero-order valence-electron chi connectivity index (χ0n) is 13.3. The van der Waals surface area contributed by atoms with Gasteiger partial charge in [0.15, 0.2) is 0 Å². The van der Waals surface area contributed by atoms with Crippen molar-refractivity contribution >= 4 is 17.7 Å². The van der Waals surface area contributed by atoms with Crippen LogP contribution in [-0.2, 0) is 17.0 Å². The molecule has 0 spiro atoms. The number of hydrogen-bond acceptors (Lipinski definition) is 2. The largest absolute Gasteiger partial charge is 0.355 e. The van der Waals surface area contributed by atoms with Crippen molar-refractivity contribution in [2.24, 2.45) is 0 Å². The van der Waals surface area contributed by atoms with Crippen LogP contribution in [0.25, 0.3) is 0 Å². The van der Waals surface area contributed by atoms with Crippen molar-refractivity contribution in [1.82, 2.24) is 5.32 Å². The summed E-state index contributed by atoms with van der Waals surface area (Å²) in [5, 5.41) is 2.93. The maximum absolute atomic E-state index is 12.8. The predicted molar refractivity (Wildman–Crippen MR) is 95.1 cm³/mol. The van der Waals surface area contributed by atoms with Gasteiger partial charge in [0.2, 0.25) is 5.91 Å². The monoisotopic (exact) mass is 331 g/mol. The summed E-state index contributed by atoms with van der Waals surface area (Å²) in [5.74, 6) is 1.66. The molecule has 2 aromatic rings. The molecule has 0 aliphatic heterocycles. The molecule has 0 aromatic heterocycles. The number of nitrogens with one attached hydrogen (secondary N) is 1. The predicted octanol–water partition coefficient (Wildman–Crippen LogP) is 4.12. The Kier molecular flexibility index (Phi) is 7.14. The third kappa shape index (κ3) is 6.87. The molecule has 0 fully saturated rings. The quantitative estimate of drug-likeness (QED) is 0.737. The summed E-state index contributed by atoms with van der Waals surface area (Å²) in [7, 11) is 0. The molecular weight excluding hydrogens is 309 g/mol. The minimum absolute atomic E-state index is 0.0465. The van der Waals surface area contributed by atoms with E-state index < -0.39 is 0 Å². The molecule has 122 valence electrons. The Morgan fingerprint density at radius 2 is 1.70 bits per heavy atom. The van der Waals surface area contributed by atoms with Gasteiger partial charge in [-0.15, -0.1) is 0 Å². The van der Waals surface area contributed by atoms with Gasteiger partial charge < -0.3 is 5.32 Å². The first-order chi connectivity index (χ1) is 11.1. The molecule has 1 N–H and O–H groups in total. The topological polar surface area (TPSA) is 29.1 Å². The average Bonchev–Trinajstić information content (AvgIpc) is 2.56. The number of aryl methyl sites for hydroxylation is 2. The lowest BCUT2D eigenvalue weighted by molar-refractivity contribution is -0.120. The molecule has 23 heavy (non-hydrogen) atoms. The van der Waals surface area contributed by atoms with Crippen LogP contribution in [0.4, 0.5) is 4.39 Å². The number of rotatable bonds is 8. The molecule has 0 radical (unpaired) electrons. The van der Waals surface area contributed by atoms with Gasteiger partial charge in [0.05, 0.1) is 0 Å². The third-order valence-electron chi connectivity index (χ3n) is 3.51. The number of carbonyl (C=O) groups excluding carboxylic acids is 1. The highest BCUT2D eigenvalue weighted by molar-refractivity contribution is 7.98. The molecule has 0 aliphatic carbocycles. The van der Waals surface area contributed by atoms with E-state index in [0.717, 1.165) is 17.1 Å². The zero-order chi connectivity index (χ0) is 16.5. The lowest BCUT2D eigenvalue weighted by Crippen LogP contribution is -2.25. The van der Waals surface area contributed by atoms with Gasteiger partial charge in [0.1, 0.15) is 5.82 Å². The van der Waals surface area contributed by atoms with E-state index >= 15 is 0 Å². The van der Waals surface area contributed by atoms with Gasteiger partial charge in [-0.2, -0.15) is 11.8 Å². The van der Waals surface area contributed by atoms with Crippen LogP contribution < -0.4 is 5.32 Å². The smallest absolute Gasteiger partial charge is 0.220 e. The first-order valence-electron chi connectivity index (χ1n) is 7.78. The Balaban J connectivity index is 1.56. The highest BCUT2D eigenvalue weighted by Gasteiger charge is 2.02. The van der Waals surface area contributed by atoms with Crippen molar-refractivity contribution in [3.8, 4) is 0 Å². The molecule has 0 saturated carbocycles. The molecule has 0 bridgehead atoms. The third-order valence-corrected chi connectivity index (χ3v) is 4.54. The van der Waals surface area contributed by atoms with Gasteiger partial charge in [-0.25, -0.2) is 4.39 Å². The molecule has 0 saturated heterocycles. The van der Waals surface area contributed by atoms with E-state index in [4.69, 9.17) is 0 Å². The van der Waals surface area contributed by atoms with Gasteiger partial charge in [0.25, 0.3) is 0 Å². The van der Waals surface area contributed by atoms with Crippen LogP contribution in [0.3, 0.4) is 0 Å². The number of amides is 1. The Bertz CT molecular complexity index is 610. The fourth-order valence-corrected chi connectivity index (χ4v) is 2.95.